The van der Waals surface area contributed by atoms with E-state index in [0.717, 1.165) is 28.2 Å². The van der Waals surface area contributed by atoms with Crippen molar-refractivity contribution in [2.45, 2.75) is 6.54 Å². The van der Waals surface area contributed by atoms with Gasteiger partial charge in [-0.05, 0) is 60.7 Å². The van der Waals surface area contributed by atoms with Gasteiger partial charge in [-0.15, -0.1) is 0 Å². The van der Waals surface area contributed by atoms with Crippen molar-refractivity contribution in [3.63, 3.8) is 0 Å². The normalized spacial score (nSPS) is 10.7. The molecule has 27 heavy (non-hydrogen) atoms. The maximum Gasteiger partial charge on any atom is 0.123 e. The Hall–Kier alpha value is -3.47. The number of hydrogen-bond acceptors (Lipinski definition) is 2. The molecule has 0 fully saturated rings. The van der Waals surface area contributed by atoms with Crippen molar-refractivity contribution < 1.29 is 8.78 Å². The van der Waals surface area contributed by atoms with Gasteiger partial charge in [0.25, 0.3) is 0 Å². The van der Waals surface area contributed by atoms with Gasteiger partial charge in [-0.25, -0.2) is 13.5 Å². The van der Waals surface area contributed by atoms with Crippen LogP contribution in [0.1, 0.15) is 5.56 Å². The molecule has 4 rings (SSSR count). The molecule has 0 amide bonds. The molecular formula is C22H17F2N3. The number of nitrogens with one attached hydrogen (secondary N) is 1. The predicted molar refractivity (Wildman–Crippen MR) is 103 cm³/mol. The lowest BCUT2D eigenvalue weighted by Crippen LogP contribution is -2.00. The zero-order valence-electron chi connectivity index (χ0n) is 14.4. The maximum atomic E-state index is 13.3. The second kappa shape index (κ2) is 7.41. The van der Waals surface area contributed by atoms with Crippen molar-refractivity contribution in [2.75, 3.05) is 5.32 Å². The van der Waals surface area contributed by atoms with E-state index in [9.17, 15) is 8.78 Å². The van der Waals surface area contributed by atoms with Crippen LogP contribution in [0.25, 0.3) is 16.9 Å². The molecule has 0 aliphatic carbocycles. The zero-order valence-corrected chi connectivity index (χ0v) is 14.4. The van der Waals surface area contributed by atoms with E-state index in [2.05, 4.69) is 5.32 Å². The molecule has 0 aliphatic heterocycles. The Balaban J connectivity index is 1.68. The lowest BCUT2D eigenvalue weighted by atomic mass is 10.1. The highest BCUT2D eigenvalue weighted by molar-refractivity contribution is 5.64. The summed E-state index contributed by atoms with van der Waals surface area (Å²) < 4.78 is 28.2. The third-order valence-corrected chi connectivity index (χ3v) is 4.26. The summed E-state index contributed by atoms with van der Waals surface area (Å²) in [4.78, 5) is 0. The number of hydrogen-bond donors (Lipinski definition) is 1. The average molecular weight is 361 g/mol. The van der Waals surface area contributed by atoms with E-state index < -0.39 is 0 Å². The molecule has 3 nitrogen and oxygen atoms in total. The maximum absolute atomic E-state index is 13.3. The first-order valence-electron chi connectivity index (χ1n) is 8.58. The molecule has 0 aliphatic rings. The van der Waals surface area contributed by atoms with Gasteiger partial charge in [0.05, 0.1) is 11.4 Å². The lowest BCUT2D eigenvalue weighted by Gasteiger charge is -2.06. The summed E-state index contributed by atoms with van der Waals surface area (Å²) in [6.07, 6.45) is 1.95. The zero-order chi connectivity index (χ0) is 18.6. The van der Waals surface area contributed by atoms with Crippen LogP contribution in [0.4, 0.5) is 14.5 Å². The second-order valence-electron chi connectivity index (χ2n) is 6.15. The fourth-order valence-electron chi connectivity index (χ4n) is 2.87. The van der Waals surface area contributed by atoms with Gasteiger partial charge in [0.15, 0.2) is 0 Å². The number of rotatable bonds is 5. The van der Waals surface area contributed by atoms with E-state index in [4.69, 9.17) is 5.10 Å². The van der Waals surface area contributed by atoms with Crippen molar-refractivity contribution in [2.24, 2.45) is 0 Å². The van der Waals surface area contributed by atoms with Gasteiger partial charge in [-0.3, -0.25) is 0 Å². The van der Waals surface area contributed by atoms with Crippen molar-refractivity contribution in [1.29, 1.82) is 0 Å². The third-order valence-electron chi connectivity index (χ3n) is 4.26. The number of nitrogens with zero attached hydrogens (tertiary/aromatic N) is 2. The standard InChI is InChI=1S/C22H17F2N3/c23-18-8-6-16(7-9-18)22-17(14-25-20-12-10-19(24)11-13-20)15-27(26-22)21-4-2-1-3-5-21/h1-13,15,25H,14H2. The summed E-state index contributed by atoms with van der Waals surface area (Å²) in [5, 5.41) is 7.98. The molecule has 4 aromatic rings. The van der Waals surface area contributed by atoms with E-state index in [1.807, 2.05) is 36.5 Å². The topological polar surface area (TPSA) is 29.9 Å². The van der Waals surface area contributed by atoms with Gasteiger partial charge >= 0.3 is 0 Å². The Morgan fingerprint density at radius 2 is 1.41 bits per heavy atom. The van der Waals surface area contributed by atoms with Crippen molar-refractivity contribution in [3.05, 3.63) is 102 Å². The Kier molecular flexibility index (Phi) is 4.66. The summed E-state index contributed by atoms with van der Waals surface area (Å²) in [6.45, 7) is 0.505. The van der Waals surface area contributed by atoms with Crippen molar-refractivity contribution in [1.82, 2.24) is 9.78 Å². The molecule has 1 N–H and O–H groups in total. The van der Waals surface area contributed by atoms with Crippen molar-refractivity contribution >= 4 is 5.69 Å². The van der Waals surface area contributed by atoms with Crippen LogP contribution in [0.15, 0.2) is 85.1 Å². The van der Waals surface area contributed by atoms with Gasteiger partial charge in [-0.1, -0.05) is 18.2 Å². The van der Waals surface area contributed by atoms with Gasteiger partial charge in [0.2, 0.25) is 0 Å². The molecule has 0 spiro atoms. The van der Waals surface area contributed by atoms with Gasteiger partial charge in [0, 0.05) is 29.6 Å². The molecule has 134 valence electrons. The summed E-state index contributed by atoms with van der Waals surface area (Å²) >= 11 is 0. The second-order valence-corrected chi connectivity index (χ2v) is 6.15. The number of aromatic nitrogens is 2. The number of anilines is 1. The summed E-state index contributed by atoms with van der Waals surface area (Å²) in [5.41, 5.74) is 4.31. The van der Waals surface area contributed by atoms with Crippen LogP contribution >= 0.6 is 0 Å². The number of para-hydroxylation sites is 1. The largest absolute Gasteiger partial charge is 0.381 e. The van der Waals surface area contributed by atoms with Crippen LogP contribution in [0, 0.1) is 11.6 Å². The molecular weight excluding hydrogens is 344 g/mol. The van der Waals surface area contributed by atoms with Gasteiger partial charge in [-0.2, -0.15) is 5.10 Å². The minimum atomic E-state index is -0.285. The summed E-state index contributed by atoms with van der Waals surface area (Å²) in [6, 6.07) is 22.3. The van der Waals surface area contributed by atoms with Crippen LogP contribution in [0.5, 0.6) is 0 Å². The van der Waals surface area contributed by atoms with Crippen LogP contribution in [0.3, 0.4) is 0 Å². The molecule has 0 saturated carbocycles. The number of halogens is 2. The van der Waals surface area contributed by atoms with E-state index in [1.165, 1.54) is 24.3 Å². The molecule has 0 bridgehead atoms. The molecule has 1 heterocycles. The van der Waals surface area contributed by atoms with E-state index in [1.54, 1.807) is 28.9 Å². The SMILES string of the molecule is Fc1ccc(NCc2cn(-c3ccccc3)nc2-c2ccc(F)cc2)cc1. The van der Waals surface area contributed by atoms with Gasteiger partial charge < -0.3 is 5.32 Å². The Labute approximate surface area is 155 Å². The summed E-state index contributed by atoms with van der Waals surface area (Å²) in [7, 11) is 0. The molecule has 5 heteroatoms. The van der Waals surface area contributed by atoms with Gasteiger partial charge in [0.1, 0.15) is 11.6 Å². The molecule has 0 saturated heterocycles. The first-order chi connectivity index (χ1) is 13.2. The fourth-order valence-corrected chi connectivity index (χ4v) is 2.87. The van der Waals surface area contributed by atoms with E-state index in [0.29, 0.717) is 6.54 Å². The monoisotopic (exact) mass is 361 g/mol. The smallest absolute Gasteiger partial charge is 0.123 e. The van der Waals surface area contributed by atoms with Crippen LogP contribution in [-0.4, -0.2) is 9.78 Å². The average Bonchev–Trinajstić information content (AvgIpc) is 3.13. The minimum absolute atomic E-state index is 0.274. The number of benzene rings is 3. The third kappa shape index (κ3) is 3.87. The highest BCUT2D eigenvalue weighted by atomic mass is 19.1. The summed E-state index contributed by atoms with van der Waals surface area (Å²) in [5.74, 6) is -0.559. The first-order valence-corrected chi connectivity index (χ1v) is 8.58. The molecule has 0 radical (unpaired) electrons. The predicted octanol–water partition coefficient (Wildman–Crippen LogP) is 5.43. The lowest BCUT2D eigenvalue weighted by molar-refractivity contribution is 0.627. The van der Waals surface area contributed by atoms with Crippen LogP contribution in [0.2, 0.25) is 0 Å². The fraction of sp³-hybridized carbons (Fsp3) is 0.0455. The highest BCUT2D eigenvalue weighted by Gasteiger charge is 2.12. The van der Waals surface area contributed by atoms with Crippen LogP contribution in [-0.2, 0) is 6.54 Å². The first kappa shape index (κ1) is 17.0. The quantitative estimate of drug-likeness (QED) is 0.514. The van der Waals surface area contributed by atoms with E-state index in [-0.39, 0.29) is 11.6 Å². The van der Waals surface area contributed by atoms with Crippen LogP contribution < -0.4 is 5.32 Å². The molecule has 1 aromatic heterocycles. The van der Waals surface area contributed by atoms with E-state index >= 15 is 0 Å². The molecule has 3 aromatic carbocycles. The minimum Gasteiger partial charge on any atom is -0.381 e. The highest BCUT2D eigenvalue weighted by Crippen LogP contribution is 2.25. The molecule has 0 atom stereocenters. The Bertz CT molecular complexity index is 1020. The van der Waals surface area contributed by atoms with Crippen molar-refractivity contribution in [3.8, 4) is 16.9 Å². The Morgan fingerprint density at radius 3 is 2.07 bits per heavy atom. The molecule has 0 unspecified atom stereocenters. The Morgan fingerprint density at radius 1 is 0.778 bits per heavy atom.